The molecule has 1 saturated carbocycles. The number of pyridine rings is 1. The van der Waals surface area contributed by atoms with Gasteiger partial charge in [0.1, 0.15) is 0 Å². The molecule has 1 aliphatic rings. The van der Waals surface area contributed by atoms with Crippen LogP contribution in [0.2, 0.25) is 0 Å². The van der Waals surface area contributed by atoms with Gasteiger partial charge < -0.3 is 4.98 Å². The van der Waals surface area contributed by atoms with Crippen molar-refractivity contribution in [3.63, 3.8) is 0 Å². The monoisotopic (exact) mass is 260 g/mol. The fourth-order valence-electron chi connectivity index (χ4n) is 1.83. The van der Waals surface area contributed by atoms with Crippen molar-refractivity contribution in [3.05, 3.63) is 40.2 Å². The van der Waals surface area contributed by atoms with Crippen molar-refractivity contribution >= 4 is 22.9 Å². The van der Waals surface area contributed by atoms with Gasteiger partial charge in [-0.05, 0) is 68.3 Å². The van der Waals surface area contributed by atoms with Crippen molar-refractivity contribution < 1.29 is 0 Å². The Hall–Kier alpha value is -1.26. The standard InChI is InChI=1S/C14H16N2OS/c1-9-7-10-8-11(18-16-14(2)5-6-14)3-4-12(10)15-13(9)17/h3-4,7-8,16H,5-6H2,1-2H3,(H,15,17). The second kappa shape index (κ2) is 4.14. The third-order valence-corrected chi connectivity index (χ3v) is 4.50. The molecule has 0 amide bonds. The molecule has 4 heteroatoms. The SMILES string of the molecule is Cc1cc2cc(SNC3(C)CC3)ccc2[nH]c1=O. The summed E-state index contributed by atoms with van der Waals surface area (Å²) >= 11 is 1.67. The maximum Gasteiger partial charge on any atom is 0.251 e. The van der Waals surface area contributed by atoms with E-state index >= 15 is 0 Å². The summed E-state index contributed by atoms with van der Waals surface area (Å²) in [5.74, 6) is 0. The van der Waals surface area contributed by atoms with E-state index in [9.17, 15) is 4.79 Å². The number of hydrogen-bond acceptors (Lipinski definition) is 3. The van der Waals surface area contributed by atoms with Crippen molar-refractivity contribution in [2.24, 2.45) is 0 Å². The largest absolute Gasteiger partial charge is 0.322 e. The van der Waals surface area contributed by atoms with E-state index < -0.39 is 0 Å². The lowest BCUT2D eigenvalue weighted by atomic mass is 10.2. The van der Waals surface area contributed by atoms with E-state index in [1.165, 1.54) is 17.7 Å². The predicted octanol–water partition coefficient (Wildman–Crippen LogP) is 2.99. The highest BCUT2D eigenvalue weighted by Gasteiger charge is 2.36. The van der Waals surface area contributed by atoms with E-state index in [-0.39, 0.29) is 5.56 Å². The van der Waals surface area contributed by atoms with E-state index in [0.717, 1.165) is 16.5 Å². The number of rotatable bonds is 3. The van der Waals surface area contributed by atoms with Crippen molar-refractivity contribution in [1.82, 2.24) is 9.71 Å². The summed E-state index contributed by atoms with van der Waals surface area (Å²) in [4.78, 5) is 15.6. The van der Waals surface area contributed by atoms with Gasteiger partial charge in [-0.25, -0.2) is 0 Å². The minimum atomic E-state index is -0.00785. The van der Waals surface area contributed by atoms with Gasteiger partial charge in [0.25, 0.3) is 5.56 Å². The van der Waals surface area contributed by atoms with Gasteiger partial charge in [-0.3, -0.25) is 9.52 Å². The molecule has 1 aromatic carbocycles. The lowest BCUT2D eigenvalue weighted by Crippen LogP contribution is -2.19. The topological polar surface area (TPSA) is 44.9 Å². The van der Waals surface area contributed by atoms with Crippen LogP contribution in [0.1, 0.15) is 25.3 Å². The van der Waals surface area contributed by atoms with E-state index in [0.29, 0.717) is 5.54 Å². The Morgan fingerprint density at radius 3 is 2.83 bits per heavy atom. The fraction of sp³-hybridized carbons (Fsp3) is 0.357. The zero-order valence-electron chi connectivity index (χ0n) is 10.5. The molecule has 0 saturated heterocycles. The molecule has 3 rings (SSSR count). The molecule has 0 atom stereocenters. The second-order valence-corrected chi connectivity index (χ2v) is 6.17. The van der Waals surface area contributed by atoms with Crippen LogP contribution in [0.3, 0.4) is 0 Å². The van der Waals surface area contributed by atoms with Crippen LogP contribution in [0.5, 0.6) is 0 Å². The minimum absolute atomic E-state index is 0.00785. The van der Waals surface area contributed by atoms with Crippen molar-refractivity contribution in [3.8, 4) is 0 Å². The summed E-state index contributed by atoms with van der Waals surface area (Å²) in [6, 6.07) is 8.06. The Kier molecular flexibility index (Phi) is 2.72. The Labute approximate surface area is 110 Å². The molecule has 1 fully saturated rings. The number of aryl methyl sites for hydroxylation is 1. The Bertz CT molecular complexity index is 658. The quantitative estimate of drug-likeness (QED) is 0.834. The number of benzene rings is 1. The highest BCUT2D eigenvalue weighted by molar-refractivity contribution is 7.97. The van der Waals surface area contributed by atoms with Gasteiger partial charge in [0.05, 0.1) is 0 Å². The lowest BCUT2D eigenvalue weighted by Gasteiger charge is -2.10. The van der Waals surface area contributed by atoms with Crippen LogP contribution in [-0.4, -0.2) is 10.5 Å². The summed E-state index contributed by atoms with van der Waals surface area (Å²) < 4.78 is 3.48. The molecule has 0 bridgehead atoms. The Morgan fingerprint density at radius 1 is 1.33 bits per heavy atom. The zero-order valence-corrected chi connectivity index (χ0v) is 11.4. The zero-order chi connectivity index (χ0) is 12.8. The molecule has 2 aromatic rings. The van der Waals surface area contributed by atoms with Gasteiger partial charge in [0.15, 0.2) is 0 Å². The van der Waals surface area contributed by atoms with Crippen LogP contribution in [-0.2, 0) is 0 Å². The van der Waals surface area contributed by atoms with Gasteiger partial charge in [0.2, 0.25) is 0 Å². The van der Waals surface area contributed by atoms with Crippen molar-refractivity contribution in [1.29, 1.82) is 0 Å². The molecule has 0 radical (unpaired) electrons. The molecule has 1 aliphatic carbocycles. The number of hydrogen-bond donors (Lipinski definition) is 2. The second-order valence-electron chi connectivity index (χ2n) is 5.30. The van der Waals surface area contributed by atoms with E-state index in [1.54, 1.807) is 11.9 Å². The average Bonchev–Trinajstić information content (AvgIpc) is 3.07. The average molecular weight is 260 g/mol. The van der Waals surface area contributed by atoms with Gasteiger partial charge in [-0.2, -0.15) is 0 Å². The highest BCUT2D eigenvalue weighted by Crippen LogP contribution is 2.37. The van der Waals surface area contributed by atoms with E-state index in [1.807, 2.05) is 25.1 Å². The number of fused-ring (bicyclic) bond motifs is 1. The number of aromatic nitrogens is 1. The van der Waals surface area contributed by atoms with Gasteiger partial charge in [0, 0.05) is 21.5 Å². The van der Waals surface area contributed by atoms with Crippen molar-refractivity contribution in [2.75, 3.05) is 0 Å². The van der Waals surface area contributed by atoms with Crippen LogP contribution >= 0.6 is 11.9 Å². The summed E-state index contributed by atoms with van der Waals surface area (Å²) in [6.07, 6.45) is 2.50. The molecule has 94 valence electrons. The van der Waals surface area contributed by atoms with Crippen LogP contribution in [0.4, 0.5) is 0 Å². The van der Waals surface area contributed by atoms with Crippen LogP contribution in [0.25, 0.3) is 10.9 Å². The molecule has 0 unspecified atom stereocenters. The Morgan fingerprint density at radius 2 is 2.11 bits per heavy atom. The Balaban J connectivity index is 1.90. The van der Waals surface area contributed by atoms with E-state index in [2.05, 4.69) is 22.7 Å². The first-order chi connectivity index (χ1) is 8.56. The molecule has 3 nitrogen and oxygen atoms in total. The van der Waals surface area contributed by atoms with Gasteiger partial charge >= 0.3 is 0 Å². The van der Waals surface area contributed by atoms with E-state index in [4.69, 9.17) is 0 Å². The van der Waals surface area contributed by atoms with Gasteiger partial charge in [-0.15, -0.1) is 0 Å². The lowest BCUT2D eigenvalue weighted by molar-refractivity contribution is 0.701. The maximum absolute atomic E-state index is 11.5. The van der Waals surface area contributed by atoms with Crippen LogP contribution in [0, 0.1) is 6.92 Å². The first kappa shape index (κ1) is 11.8. The highest BCUT2D eigenvalue weighted by atomic mass is 32.2. The minimum Gasteiger partial charge on any atom is -0.322 e. The first-order valence-electron chi connectivity index (χ1n) is 6.13. The molecule has 0 aliphatic heterocycles. The van der Waals surface area contributed by atoms with Gasteiger partial charge in [-0.1, -0.05) is 0 Å². The molecule has 1 heterocycles. The third kappa shape index (κ3) is 2.31. The normalized spacial score (nSPS) is 17.0. The smallest absolute Gasteiger partial charge is 0.251 e. The summed E-state index contributed by atoms with van der Waals surface area (Å²) in [6.45, 7) is 4.07. The molecular weight excluding hydrogens is 244 g/mol. The molecule has 18 heavy (non-hydrogen) atoms. The summed E-state index contributed by atoms with van der Waals surface area (Å²) in [5, 5.41) is 1.08. The maximum atomic E-state index is 11.5. The van der Waals surface area contributed by atoms with Crippen LogP contribution in [0.15, 0.2) is 34.0 Å². The molecule has 1 aromatic heterocycles. The summed E-state index contributed by atoms with van der Waals surface area (Å²) in [5.41, 5.74) is 1.96. The number of H-pyrrole nitrogens is 1. The molecular formula is C14H16N2OS. The van der Waals surface area contributed by atoms with Crippen molar-refractivity contribution in [2.45, 2.75) is 37.1 Å². The molecule has 0 spiro atoms. The first-order valence-corrected chi connectivity index (χ1v) is 6.95. The summed E-state index contributed by atoms with van der Waals surface area (Å²) in [7, 11) is 0. The number of nitrogens with one attached hydrogen (secondary N) is 2. The van der Waals surface area contributed by atoms with Crippen LogP contribution < -0.4 is 10.3 Å². The third-order valence-electron chi connectivity index (χ3n) is 3.42. The molecule has 2 N–H and O–H groups in total. The predicted molar refractivity (Wildman–Crippen MR) is 75.9 cm³/mol. The number of aromatic amines is 1. The fourth-order valence-corrected chi connectivity index (χ4v) is 2.72.